The molecule has 1 aliphatic rings. The van der Waals surface area contributed by atoms with Gasteiger partial charge in [-0.05, 0) is 51.1 Å². The Morgan fingerprint density at radius 1 is 1.35 bits per heavy atom. The van der Waals surface area contributed by atoms with Crippen LogP contribution in [-0.2, 0) is 6.54 Å². The van der Waals surface area contributed by atoms with E-state index in [1.807, 2.05) is 0 Å². The Hall–Kier alpha value is -1.76. The van der Waals surface area contributed by atoms with Crippen LogP contribution in [0.3, 0.4) is 0 Å². The first kappa shape index (κ1) is 19.0. The summed E-state index contributed by atoms with van der Waals surface area (Å²) in [4.78, 5) is 9.19. The van der Waals surface area contributed by atoms with Crippen LogP contribution < -0.4 is 10.2 Å². The highest BCUT2D eigenvalue weighted by atomic mass is 19.1. The second-order valence-corrected chi connectivity index (χ2v) is 7.43. The quantitative estimate of drug-likeness (QED) is 0.742. The third-order valence-corrected chi connectivity index (χ3v) is 4.96. The molecule has 2 N–H and O–H groups in total. The van der Waals surface area contributed by atoms with E-state index in [1.165, 1.54) is 12.1 Å². The molecule has 1 atom stereocenters. The summed E-state index contributed by atoms with van der Waals surface area (Å²) < 4.78 is 13.6. The molecule has 1 aromatic carbocycles. The van der Waals surface area contributed by atoms with Gasteiger partial charge in [-0.15, -0.1) is 0 Å². The third-order valence-electron chi connectivity index (χ3n) is 4.96. The summed E-state index contributed by atoms with van der Waals surface area (Å²) in [5, 5.41) is 14.0. The van der Waals surface area contributed by atoms with Crippen LogP contribution >= 0.6 is 0 Å². The average Bonchev–Trinajstić information content (AvgIpc) is 2.64. The summed E-state index contributed by atoms with van der Waals surface area (Å²) in [6, 6.07) is 6.88. The summed E-state index contributed by atoms with van der Waals surface area (Å²) in [5.74, 6) is 0.932. The molecule has 1 saturated heterocycles. The van der Waals surface area contributed by atoms with Crippen LogP contribution in [0.4, 0.5) is 10.2 Å². The number of pyridine rings is 1. The molecule has 0 aliphatic carbocycles. The van der Waals surface area contributed by atoms with Gasteiger partial charge in [0, 0.05) is 56.3 Å². The van der Waals surface area contributed by atoms with Crippen molar-refractivity contribution < 1.29 is 9.50 Å². The molecular weight excluding hydrogens is 331 g/mol. The number of aromatic nitrogens is 1. The highest BCUT2D eigenvalue weighted by molar-refractivity contribution is 5.82. The van der Waals surface area contributed by atoms with E-state index < -0.39 is 0 Å². The Morgan fingerprint density at radius 2 is 2.19 bits per heavy atom. The number of halogens is 1. The van der Waals surface area contributed by atoms with Gasteiger partial charge < -0.3 is 20.2 Å². The Balaban J connectivity index is 1.87. The smallest absolute Gasteiger partial charge is 0.133 e. The highest BCUT2D eigenvalue weighted by Crippen LogP contribution is 2.28. The van der Waals surface area contributed by atoms with Gasteiger partial charge in [-0.1, -0.05) is 0 Å². The van der Waals surface area contributed by atoms with E-state index in [2.05, 4.69) is 35.3 Å². The second kappa shape index (κ2) is 8.75. The maximum Gasteiger partial charge on any atom is 0.133 e. The van der Waals surface area contributed by atoms with Crippen molar-refractivity contribution in [2.45, 2.75) is 19.4 Å². The maximum atomic E-state index is 13.6. The molecule has 5 nitrogen and oxygen atoms in total. The summed E-state index contributed by atoms with van der Waals surface area (Å²) in [5.41, 5.74) is 1.81. The summed E-state index contributed by atoms with van der Waals surface area (Å²) in [7, 11) is 4.12. The lowest BCUT2D eigenvalue weighted by atomic mass is 9.98. The van der Waals surface area contributed by atoms with Crippen LogP contribution in [0.2, 0.25) is 0 Å². The monoisotopic (exact) mass is 360 g/mol. The first-order chi connectivity index (χ1) is 12.6. The van der Waals surface area contributed by atoms with Gasteiger partial charge in [-0.3, -0.25) is 0 Å². The van der Waals surface area contributed by atoms with Gasteiger partial charge in [-0.25, -0.2) is 9.37 Å². The van der Waals surface area contributed by atoms with Gasteiger partial charge in [0.1, 0.15) is 11.6 Å². The molecule has 0 unspecified atom stereocenters. The zero-order valence-electron chi connectivity index (χ0n) is 15.7. The Labute approximate surface area is 154 Å². The van der Waals surface area contributed by atoms with Crippen molar-refractivity contribution in [2.75, 3.05) is 51.8 Å². The molecule has 1 aliphatic heterocycles. The van der Waals surface area contributed by atoms with E-state index in [9.17, 15) is 9.50 Å². The minimum atomic E-state index is -0.264. The molecule has 0 saturated carbocycles. The fourth-order valence-electron chi connectivity index (χ4n) is 3.51. The molecule has 6 heteroatoms. The van der Waals surface area contributed by atoms with Gasteiger partial charge in [-0.2, -0.15) is 0 Å². The number of rotatable bonds is 7. The molecule has 2 heterocycles. The maximum absolute atomic E-state index is 13.6. The number of anilines is 1. The zero-order valence-corrected chi connectivity index (χ0v) is 15.7. The first-order valence-electron chi connectivity index (χ1n) is 9.37. The molecule has 1 aromatic heterocycles. The van der Waals surface area contributed by atoms with E-state index in [-0.39, 0.29) is 18.3 Å². The fourth-order valence-corrected chi connectivity index (χ4v) is 3.51. The zero-order chi connectivity index (χ0) is 18.5. The van der Waals surface area contributed by atoms with Gasteiger partial charge in [0.15, 0.2) is 0 Å². The Bertz CT molecular complexity index is 737. The molecule has 3 rings (SSSR count). The van der Waals surface area contributed by atoms with Gasteiger partial charge in [0.2, 0.25) is 0 Å². The summed E-state index contributed by atoms with van der Waals surface area (Å²) >= 11 is 0. The van der Waals surface area contributed by atoms with Crippen molar-refractivity contribution in [3.05, 3.63) is 35.6 Å². The minimum absolute atomic E-state index is 0.203. The van der Waals surface area contributed by atoms with E-state index in [4.69, 9.17) is 4.98 Å². The lowest BCUT2D eigenvalue weighted by molar-refractivity contribution is 0.208. The number of hydrogen-bond donors (Lipinski definition) is 2. The molecule has 26 heavy (non-hydrogen) atoms. The number of fused-ring (bicyclic) bond motifs is 1. The molecule has 142 valence electrons. The van der Waals surface area contributed by atoms with Gasteiger partial charge >= 0.3 is 0 Å². The number of aliphatic hydroxyl groups is 1. The number of piperidine rings is 1. The predicted octanol–water partition coefficient (Wildman–Crippen LogP) is 2.23. The predicted molar refractivity (Wildman–Crippen MR) is 104 cm³/mol. The van der Waals surface area contributed by atoms with Crippen molar-refractivity contribution in [1.29, 1.82) is 0 Å². The van der Waals surface area contributed by atoms with E-state index >= 15 is 0 Å². The Kier molecular flexibility index (Phi) is 6.40. The minimum Gasteiger partial charge on any atom is -0.396 e. The van der Waals surface area contributed by atoms with Crippen LogP contribution in [0.25, 0.3) is 10.9 Å². The highest BCUT2D eigenvalue weighted by Gasteiger charge is 2.22. The van der Waals surface area contributed by atoms with Crippen LogP contribution in [-0.4, -0.2) is 61.9 Å². The second-order valence-electron chi connectivity index (χ2n) is 7.43. The van der Waals surface area contributed by atoms with Crippen LogP contribution in [0.1, 0.15) is 18.4 Å². The largest absolute Gasteiger partial charge is 0.396 e. The van der Waals surface area contributed by atoms with Crippen molar-refractivity contribution in [1.82, 2.24) is 15.2 Å². The number of nitrogens with zero attached hydrogens (tertiary/aromatic N) is 3. The molecule has 1 fully saturated rings. The van der Waals surface area contributed by atoms with Crippen LogP contribution in [0.15, 0.2) is 24.3 Å². The van der Waals surface area contributed by atoms with Crippen LogP contribution in [0.5, 0.6) is 0 Å². The topological polar surface area (TPSA) is 51.6 Å². The number of hydrogen-bond acceptors (Lipinski definition) is 5. The lowest BCUT2D eigenvalue weighted by Gasteiger charge is -2.34. The lowest BCUT2D eigenvalue weighted by Crippen LogP contribution is -2.38. The molecular formula is C20H29FN4O. The van der Waals surface area contributed by atoms with E-state index in [0.717, 1.165) is 62.3 Å². The van der Waals surface area contributed by atoms with Crippen molar-refractivity contribution in [2.24, 2.45) is 5.92 Å². The SMILES string of the molecule is CN(C)CCNCc1cc2ccc(F)cc2nc1N1CCC[C@H](CO)C1. The molecule has 0 radical (unpaired) electrons. The van der Waals surface area contributed by atoms with Crippen molar-refractivity contribution in [3.63, 3.8) is 0 Å². The third kappa shape index (κ3) is 4.69. The number of benzene rings is 1. The van der Waals surface area contributed by atoms with Gasteiger partial charge in [0.25, 0.3) is 0 Å². The van der Waals surface area contributed by atoms with Gasteiger partial charge in [0.05, 0.1) is 5.52 Å². The summed E-state index contributed by atoms with van der Waals surface area (Å²) in [6.07, 6.45) is 2.09. The molecule has 2 aromatic rings. The normalized spacial score (nSPS) is 18.0. The molecule has 0 bridgehead atoms. The summed E-state index contributed by atoms with van der Waals surface area (Å²) in [6.45, 7) is 4.52. The average molecular weight is 360 g/mol. The number of nitrogens with one attached hydrogen (secondary N) is 1. The van der Waals surface area contributed by atoms with Crippen molar-refractivity contribution in [3.8, 4) is 0 Å². The first-order valence-corrected chi connectivity index (χ1v) is 9.37. The van der Waals surface area contributed by atoms with Crippen LogP contribution in [0, 0.1) is 11.7 Å². The van der Waals surface area contributed by atoms with E-state index in [1.54, 1.807) is 6.07 Å². The van der Waals surface area contributed by atoms with E-state index in [0.29, 0.717) is 5.52 Å². The molecule has 0 spiro atoms. The Morgan fingerprint density at radius 3 is 2.96 bits per heavy atom. The van der Waals surface area contributed by atoms with Crippen molar-refractivity contribution >= 4 is 16.7 Å². The molecule has 0 amide bonds. The number of likely N-dealkylation sites (N-methyl/N-ethyl adjacent to an activating group) is 1. The number of aliphatic hydroxyl groups excluding tert-OH is 1. The fraction of sp³-hybridized carbons (Fsp3) is 0.550. The standard InChI is InChI=1S/C20H29FN4O/c1-24(2)9-7-22-12-17-10-16-5-6-18(21)11-19(16)23-20(17)25-8-3-4-15(13-25)14-26/h5-6,10-11,15,22,26H,3-4,7-9,12-14H2,1-2H3/t15-/m0/s1.